The Hall–Kier alpha value is -1.42. The molecule has 4 nitrogen and oxygen atoms in total. The normalized spacial score (nSPS) is 20.3. The summed E-state index contributed by atoms with van der Waals surface area (Å²) in [7, 11) is 0. The third kappa shape index (κ3) is 4.03. The van der Waals surface area contributed by atoms with Crippen molar-refractivity contribution in [3.8, 4) is 5.75 Å². The second-order valence-electron chi connectivity index (χ2n) is 7.05. The maximum atomic E-state index is 6.13. The van der Waals surface area contributed by atoms with Crippen molar-refractivity contribution in [3.63, 3.8) is 0 Å². The van der Waals surface area contributed by atoms with Gasteiger partial charge in [0.15, 0.2) is 0 Å². The van der Waals surface area contributed by atoms with Crippen LogP contribution in [0.25, 0.3) is 0 Å². The predicted octanol–water partition coefficient (Wildman–Crippen LogP) is 3.45. The fourth-order valence-corrected chi connectivity index (χ4v) is 3.03. The van der Waals surface area contributed by atoms with Gasteiger partial charge in [-0.1, -0.05) is 6.92 Å². The van der Waals surface area contributed by atoms with Crippen LogP contribution in [0.4, 0.5) is 11.4 Å². The molecule has 2 rings (SSSR count). The zero-order chi connectivity index (χ0) is 15.7. The Bertz CT molecular complexity index is 482. The van der Waals surface area contributed by atoms with Crippen LogP contribution >= 0.6 is 0 Å². The van der Waals surface area contributed by atoms with Crippen LogP contribution in [0.15, 0.2) is 18.2 Å². The highest BCUT2D eigenvalue weighted by molar-refractivity contribution is 5.62. The van der Waals surface area contributed by atoms with Gasteiger partial charge in [-0.25, -0.2) is 0 Å². The maximum absolute atomic E-state index is 6.13. The molecule has 1 heterocycles. The van der Waals surface area contributed by atoms with Crippen molar-refractivity contribution in [1.82, 2.24) is 0 Å². The summed E-state index contributed by atoms with van der Waals surface area (Å²) in [6.45, 7) is 13.0. The van der Waals surface area contributed by atoms with Crippen molar-refractivity contribution < 1.29 is 9.47 Å². The molecule has 1 fully saturated rings. The van der Waals surface area contributed by atoms with Crippen molar-refractivity contribution in [2.24, 2.45) is 0 Å². The van der Waals surface area contributed by atoms with E-state index in [1.165, 1.54) is 0 Å². The molecule has 0 radical (unpaired) electrons. The van der Waals surface area contributed by atoms with Crippen LogP contribution in [0.1, 0.15) is 41.0 Å². The number of nitrogens with two attached hydrogens (primary N) is 1. The van der Waals surface area contributed by atoms with Gasteiger partial charge in [0.05, 0.1) is 23.5 Å². The van der Waals surface area contributed by atoms with E-state index in [1.807, 2.05) is 12.1 Å². The van der Waals surface area contributed by atoms with E-state index in [1.54, 1.807) is 0 Å². The minimum atomic E-state index is -0.173. The Morgan fingerprint density at radius 2 is 1.81 bits per heavy atom. The van der Waals surface area contributed by atoms with Gasteiger partial charge in [0.25, 0.3) is 0 Å². The highest BCUT2D eigenvalue weighted by atomic mass is 16.5. The Morgan fingerprint density at radius 1 is 1.19 bits per heavy atom. The van der Waals surface area contributed by atoms with Crippen LogP contribution < -0.4 is 15.4 Å². The highest BCUT2D eigenvalue weighted by Crippen LogP contribution is 2.34. The lowest BCUT2D eigenvalue weighted by Gasteiger charge is -2.48. The van der Waals surface area contributed by atoms with Crippen molar-refractivity contribution in [1.29, 1.82) is 0 Å². The summed E-state index contributed by atoms with van der Waals surface area (Å²) >= 11 is 0. The van der Waals surface area contributed by atoms with E-state index in [-0.39, 0.29) is 11.2 Å². The summed E-state index contributed by atoms with van der Waals surface area (Å²) in [6.07, 6.45) is 0.973. The number of morpholine rings is 1. The summed E-state index contributed by atoms with van der Waals surface area (Å²) in [5.74, 6) is 0.774. The first-order chi connectivity index (χ1) is 9.72. The topological polar surface area (TPSA) is 47.7 Å². The van der Waals surface area contributed by atoms with Crippen molar-refractivity contribution in [2.45, 2.75) is 52.2 Å². The maximum Gasteiger partial charge on any atom is 0.144 e. The first-order valence-electron chi connectivity index (χ1n) is 7.70. The average molecular weight is 292 g/mol. The number of anilines is 2. The molecule has 1 saturated heterocycles. The van der Waals surface area contributed by atoms with Crippen LogP contribution in [0, 0.1) is 0 Å². The van der Waals surface area contributed by atoms with E-state index in [0.717, 1.165) is 30.9 Å². The molecule has 118 valence electrons. The van der Waals surface area contributed by atoms with Gasteiger partial charge in [-0.05, 0) is 46.2 Å². The zero-order valence-corrected chi connectivity index (χ0v) is 13.9. The zero-order valence-electron chi connectivity index (χ0n) is 13.9. The summed E-state index contributed by atoms with van der Waals surface area (Å²) in [6, 6.07) is 6.03. The molecule has 0 amide bonds. The molecule has 0 bridgehead atoms. The van der Waals surface area contributed by atoms with Crippen LogP contribution in [-0.4, -0.2) is 30.9 Å². The molecule has 2 N–H and O–H groups in total. The van der Waals surface area contributed by atoms with E-state index in [2.05, 4.69) is 45.6 Å². The van der Waals surface area contributed by atoms with Crippen LogP contribution in [0.3, 0.4) is 0 Å². The first-order valence-corrected chi connectivity index (χ1v) is 7.70. The van der Waals surface area contributed by atoms with Gasteiger partial charge in [-0.15, -0.1) is 0 Å². The van der Waals surface area contributed by atoms with Gasteiger partial charge in [0, 0.05) is 24.8 Å². The van der Waals surface area contributed by atoms with E-state index in [9.17, 15) is 0 Å². The molecule has 21 heavy (non-hydrogen) atoms. The monoisotopic (exact) mass is 292 g/mol. The summed E-state index contributed by atoms with van der Waals surface area (Å²) in [5.41, 5.74) is 7.48. The van der Waals surface area contributed by atoms with Crippen molar-refractivity contribution >= 4 is 11.4 Å². The smallest absolute Gasteiger partial charge is 0.144 e. The molecule has 0 saturated carbocycles. The number of nitrogen functional groups attached to an aromatic ring is 1. The lowest BCUT2D eigenvalue weighted by molar-refractivity contribution is -0.133. The molecule has 1 aliphatic heterocycles. The fourth-order valence-electron chi connectivity index (χ4n) is 3.03. The standard InChI is InChI=1S/C17H28N2O2/c1-6-9-20-15-10-13(7-8-14(15)18)19-11-16(2,3)21-17(4,5)12-19/h7-8,10H,6,9,11-12,18H2,1-5H3. The molecule has 0 atom stereocenters. The summed E-state index contributed by atoms with van der Waals surface area (Å²) in [5, 5.41) is 0. The van der Waals surface area contributed by atoms with Gasteiger partial charge in [0.1, 0.15) is 5.75 Å². The predicted molar refractivity (Wildman–Crippen MR) is 88.1 cm³/mol. The molecule has 0 spiro atoms. The third-order valence-electron chi connectivity index (χ3n) is 3.52. The quantitative estimate of drug-likeness (QED) is 0.863. The summed E-state index contributed by atoms with van der Waals surface area (Å²) in [4.78, 5) is 2.35. The molecule has 1 aliphatic rings. The average Bonchev–Trinajstić information content (AvgIpc) is 2.34. The number of hydrogen-bond acceptors (Lipinski definition) is 4. The van der Waals surface area contributed by atoms with E-state index in [0.29, 0.717) is 12.3 Å². The Kier molecular flexibility index (Phi) is 4.38. The Morgan fingerprint density at radius 3 is 2.38 bits per heavy atom. The number of rotatable bonds is 4. The van der Waals surface area contributed by atoms with Gasteiger partial charge in [-0.3, -0.25) is 0 Å². The molecular weight excluding hydrogens is 264 g/mol. The fraction of sp³-hybridized carbons (Fsp3) is 0.647. The number of hydrogen-bond donors (Lipinski definition) is 1. The largest absolute Gasteiger partial charge is 0.491 e. The van der Waals surface area contributed by atoms with Crippen LogP contribution in [-0.2, 0) is 4.74 Å². The Balaban J connectivity index is 2.24. The molecule has 0 aromatic heterocycles. The summed E-state index contributed by atoms with van der Waals surface area (Å²) < 4.78 is 11.9. The van der Waals surface area contributed by atoms with Crippen LogP contribution in [0.5, 0.6) is 5.75 Å². The number of nitrogens with zero attached hydrogens (tertiary/aromatic N) is 1. The van der Waals surface area contributed by atoms with Gasteiger partial charge < -0.3 is 20.1 Å². The molecule has 1 aromatic rings. The minimum absolute atomic E-state index is 0.173. The number of ether oxygens (including phenoxy) is 2. The number of benzene rings is 1. The molecule has 1 aromatic carbocycles. The molecule has 0 unspecified atom stereocenters. The second kappa shape index (κ2) is 5.76. The first kappa shape index (κ1) is 16.0. The lowest BCUT2D eigenvalue weighted by Crippen LogP contribution is -2.57. The van der Waals surface area contributed by atoms with E-state index >= 15 is 0 Å². The lowest BCUT2D eigenvalue weighted by atomic mass is 9.98. The van der Waals surface area contributed by atoms with E-state index in [4.69, 9.17) is 15.2 Å². The van der Waals surface area contributed by atoms with Gasteiger partial charge >= 0.3 is 0 Å². The minimum Gasteiger partial charge on any atom is -0.491 e. The SMILES string of the molecule is CCCOc1cc(N2CC(C)(C)OC(C)(C)C2)ccc1N. The van der Waals surface area contributed by atoms with Gasteiger partial charge in [0.2, 0.25) is 0 Å². The molecule has 0 aliphatic carbocycles. The Labute approximate surface area is 128 Å². The molecule has 4 heteroatoms. The third-order valence-corrected chi connectivity index (χ3v) is 3.52. The highest BCUT2D eigenvalue weighted by Gasteiger charge is 2.38. The van der Waals surface area contributed by atoms with Crippen LogP contribution in [0.2, 0.25) is 0 Å². The second-order valence-corrected chi connectivity index (χ2v) is 7.05. The molecular formula is C17H28N2O2. The van der Waals surface area contributed by atoms with Crippen molar-refractivity contribution in [2.75, 3.05) is 30.3 Å². The van der Waals surface area contributed by atoms with Gasteiger partial charge in [-0.2, -0.15) is 0 Å². The van der Waals surface area contributed by atoms with Crippen molar-refractivity contribution in [3.05, 3.63) is 18.2 Å². The van der Waals surface area contributed by atoms with E-state index < -0.39 is 0 Å².